The molecule has 33 heavy (non-hydrogen) atoms. The molecule has 0 saturated carbocycles. The monoisotopic (exact) mass is 461 g/mol. The Morgan fingerprint density at radius 3 is 1.64 bits per heavy atom. The van der Waals surface area contributed by atoms with Gasteiger partial charge in [-0.15, -0.1) is 0 Å². The van der Waals surface area contributed by atoms with Crippen LogP contribution >= 0.6 is 0 Å². The third-order valence-corrected chi connectivity index (χ3v) is 7.42. The first-order valence-electron chi connectivity index (χ1n) is 10.5. The summed E-state index contributed by atoms with van der Waals surface area (Å²) in [6.07, 6.45) is 0. The van der Waals surface area contributed by atoms with Crippen molar-refractivity contribution in [3.8, 4) is 0 Å². The van der Waals surface area contributed by atoms with Gasteiger partial charge in [0.1, 0.15) is 17.2 Å². The van der Waals surface area contributed by atoms with Crippen molar-refractivity contribution in [2.24, 2.45) is 0 Å². The quantitative estimate of drug-likeness (QED) is 0.225. The van der Waals surface area contributed by atoms with E-state index in [-0.39, 0.29) is 16.5 Å². The minimum Gasteiger partial charge on any atom is -0.451 e. The van der Waals surface area contributed by atoms with Crippen LogP contribution in [0.25, 0.3) is 0 Å². The number of benzene rings is 4. The summed E-state index contributed by atoms with van der Waals surface area (Å²) in [5.74, 6) is -1.99. The zero-order valence-corrected chi connectivity index (χ0v) is 19.1. The van der Waals surface area contributed by atoms with Crippen LogP contribution < -0.4 is 0 Å². The van der Waals surface area contributed by atoms with E-state index < -0.39 is 23.2 Å². The molecule has 0 aromatic heterocycles. The number of carbonyl (C=O) groups excluding carboxylic acids is 1. The van der Waals surface area contributed by atoms with E-state index in [1.807, 2.05) is 48.5 Å². The van der Waals surface area contributed by atoms with Gasteiger partial charge in [-0.25, -0.2) is 13.6 Å². The molecule has 166 valence electrons. The lowest BCUT2D eigenvalue weighted by atomic mass is 9.97. The van der Waals surface area contributed by atoms with E-state index in [0.29, 0.717) is 5.56 Å². The molecule has 0 unspecified atom stereocenters. The van der Waals surface area contributed by atoms with Crippen LogP contribution in [-0.4, -0.2) is 5.97 Å². The molecule has 0 amide bonds. The van der Waals surface area contributed by atoms with Crippen LogP contribution in [0.2, 0.25) is 0 Å². The largest absolute Gasteiger partial charge is 0.451 e. The topological polar surface area (TPSA) is 26.3 Å². The van der Waals surface area contributed by atoms with Crippen LogP contribution in [0.4, 0.5) is 8.78 Å². The smallest absolute Gasteiger partial charge is 0.338 e. The number of ether oxygens (including phenoxy) is 1. The van der Waals surface area contributed by atoms with E-state index in [2.05, 4.69) is 24.3 Å². The Bertz CT molecular complexity index is 1180. The van der Waals surface area contributed by atoms with Crippen molar-refractivity contribution < 1.29 is 18.3 Å². The molecule has 4 aromatic rings. The van der Waals surface area contributed by atoms with Gasteiger partial charge in [-0.3, -0.25) is 0 Å². The SMILES string of the molecule is CC(C)(OC(=O)c1ccc([S+](c2ccccc2)c2ccccc2)cc1)c1cc(F)cc(F)c1. The first-order valence-corrected chi connectivity index (χ1v) is 11.7. The van der Waals surface area contributed by atoms with Gasteiger partial charge in [-0.1, -0.05) is 36.4 Å². The van der Waals surface area contributed by atoms with Crippen molar-refractivity contribution in [2.45, 2.75) is 34.1 Å². The van der Waals surface area contributed by atoms with Crippen LogP contribution in [0, 0.1) is 11.6 Å². The van der Waals surface area contributed by atoms with Gasteiger partial charge in [-0.2, -0.15) is 0 Å². The van der Waals surface area contributed by atoms with Crippen LogP contribution in [0.3, 0.4) is 0 Å². The highest BCUT2D eigenvalue weighted by molar-refractivity contribution is 7.97. The third-order valence-electron chi connectivity index (χ3n) is 5.19. The minimum atomic E-state index is -1.20. The summed E-state index contributed by atoms with van der Waals surface area (Å²) in [7, 11) is -0.326. The van der Waals surface area contributed by atoms with Gasteiger partial charge in [0.15, 0.2) is 14.7 Å². The fraction of sp³-hybridized carbons (Fsp3) is 0.107. The summed E-state index contributed by atoms with van der Waals surface area (Å²) in [5.41, 5.74) is -0.579. The first-order chi connectivity index (χ1) is 15.8. The van der Waals surface area contributed by atoms with Crippen molar-refractivity contribution >= 4 is 16.9 Å². The average Bonchev–Trinajstić information content (AvgIpc) is 2.80. The Morgan fingerprint density at radius 2 is 1.15 bits per heavy atom. The molecular formula is C28H23F2O2S+. The van der Waals surface area contributed by atoms with E-state index >= 15 is 0 Å². The Balaban J connectivity index is 1.59. The van der Waals surface area contributed by atoms with Crippen LogP contribution in [0.1, 0.15) is 29.8 Å². The fourth-order valence-electron chi connectivity index (χ4n) is 3.50. The summed E-state index contributed by atoms with van der Waals surface area (Å²) in [5, 5.41) is 0. The Hall–Kier alpha value is -3.44. The van der Waals surface area contributed by atoms with E-state index in [1.54, 1.807) is 26.0 Å². The lowest BCUT2D eigenvalue weighted by Crippen LogP contribution is -2.26. The van der Waals surface area contributed by atoms with Gasteiger partial charge in [-0.05, 0) is 74.5 Å². The molecule has 0 aliphatic carbocycles. The zero-order valence-electron chi connectivity index (χ0n) is 18.3. The molecule has 0 atom stereocenters. The molecule has 0 radical (unpaired) electrons. The molecule has 0 aliphatic rings. The normalized spacial score (nSPS) is 11.4. The maximum atomic E-state index is 13.6. The molecular weight excluding hydrogens is 438 g/mol. The van der Waals surface area contributed by atoms with Crippen molar-refractivity contribution in [1.29, 1.82) is 0 Å². The van der Waals surface area contributed by atoms with Crippen LogP contribution in [0.15, 0.2) is 118 Å². The average molecular weight is 462 g/mol. The maximum absolute atomic E-state index is 13.6. The minimum absolute atomic E-state index is 0.250. The predicted molar refractivity (Wildman–Crippen MR) is 126 cm³/mol. The summed E-state index contributed by atoms with van der Waals surface area (Å²) >= 11 is 0. The third kappa shape index (κ3) is 5.32. The van der Waals surface area contributed by atoms with Gasteiger partial charge >= 0.3 is 5.97 Å². The lowest BCUT2D eigenvalue weighted by molar-refractivity contribution is -0.00340. The van der Waals surface area contributed by atoms with E-state index in [0.717, 1.165) is 11.0 Å². The second-order valence-electron chi connectivity index (χ2n) is 8.01. The molecule has 0 spiro atoms. The fourth-order valence-corrected chi connectivity index (χ4v) is 5.58. The van der Waals surface area contributed by atoms with Gasteiger partial charge < -0.3 is 4.74 Å². The Kier molecular flexibility index (Phi) is 6.61. The molecule has 0 fully saturated rings. The molecule has 0 aliphatic heterocycles. The van der Waals surface area contributed by atoms with Crippen molar-refractivity contribution in [2.75, 3.05) is 0 Å². The number of hydrogen-bond acceptors (Lipinski definition) is 2. The first kappa shape index (κ1) is 22.7. The van der Waals surface area contributed by atoms with Gasteiger partial charge in [0.2, 0.25) is 0 Å². The van der Waals surface area contributed by atoms with Crippen LogP contribution in [-0.2, 0) is 21.2 Å². The molecule has 2 nitrogen and oxygen atoms in total. The molecule has 4 aromatic carbocycles. The van der Waals surface area contributed by atoms with Gasteiger partial charge in [0.25, 0.3) is 0 Å². The van der Waals surface area contributed by atoms with Gasteiger partial charge in [0, 0.05) is 11.6 Å². The summed E-state index contributed by atoms with van der Waals surface area (Å²) in [4.78, 5) is 16.2. The van der Waals surface area contributed by atoms with E-state index in [9.17, 15) is 13.6 Å². The Labute approximate surface area is 195 Å². The van der Waals surface area contributed by atoms with Crippen molar-refractivity contribution in [3.63, 3.8) is 0 Å². The second-order valence-corrected chi connectivity index (χ2v) is 10.0. The highest BCUT2D eigenvalue weighted by Crippen LogP contribution is 2.32. The number of halogens is 2. The standard InChI is InChI=1S/C28H23F2O2S/c1-28(2,21-17-22(29)19-23(30)18-21)32-27(31)20-13-15-26(16-14-20)33(24-9-5-3-6-10-24)25-11-7-4-8-12-25/h3-19H,1-2H3/q+1. The lowest BCUT2D eigenvalue weighted by Gasteiger charge is -2.26. The Morgan fingerprint density at radius 1 is 0.697 bits per heavy atom. The highest BCUT2D eigenvalue weighted by Gasteiger charge is 2.30. The number of carbonyl (C=O) groups is 1. The van der Waals surface area contributed by atoms with E-state index in [1.165, 1.54) is 21.9 Å². The number of rotatable bonds is 6. The summed E-state index contributed by atoms with van der Waals surface area (Å²) in [6, 6.07) is 30.9. The molecule has 4 rings (SSSR count). The van der Waals surface area contributed by atoms with Crippen LogP contribution in [0.5, 0.6) is 0 Å². The van der Waals surface area contributed by atoms with Crippen molar-refractivity contribution in [3.05, 3.63) is 126 Å². The number of esters is 1. The summed E-state index contributed by atoms with van der Waals surface area (Å²) < 4.78 is 32.9. The molecule has 0 heterocycles. The van der Waals surface area contributed by atoms with Gasteiger partial charge in [0.05, 0.1) is 16.5 Å². The van der Waals surface area contributed by atoms with E-state index in [4.69, 9.17) is 4.74 Å². The summed E-state index contributed by atoms with van der Waals surface area (Å²) in [6.45, 7) is 3.21. The molecule has 0 N–H and O–H groups in total. The van der Waals surface area contributed by atoms with Crippen molar-refractivity contribution in [1.82, 2.24) is 0 Å². The predicted octanol–water partition coefficient (Wildman–Crippen LogP) is 7.15. The second kappa shape index (κ2) is 9.59. The maximum Gasteiger partial charge on any atom is 0.338 e. The molecule has 0 saturated heterocycles. The number of hydrogen-bond donors (Lipinski definition) is 0. The molecule has 0 bridgehead atoms. The zero-order chi connectivity index (χ0) is 23.4. The molecule has 5 heteroatoms. The highest BCUT2D eigenvalue weighted by atomic mass is 32.2.